The maximum atomic E-state index is 12.5. The lowest BCUT2D eigenvalue weighted by molar-refractivity contribution is -0.138. The first-order valence-corrected chi connectivity index (χ1v) is 9.55. The highest BCUT2D eigenvalue weighted by molar-refractivity contribution is 5.93. The normalized spacial score (nSPS) is 14.5. The van der Waals surface area contributed by atoms with Gasteiger partial charge in [0.2, 0.25) is 17.7 Å². The summed E-state index contributed by atoms with van der Waals surface area (Å²) in [6.45, 7) is 2.46. The molecule has 0 aromatic rings. The van der Waals surface area contributed by atoms with Gasteiger partial charge in [0.15, 0.2) is 5.96 Å². The van der Waals surface area contributed by atoms with Crippen LogP contribution in [0.5, 0.6) is 0 Å². The predicted octanol–water partition coefficient (Wildman–Crippen LogP) is -3.42. The average Bonchev–Trinajstić information content (AvgIpc) is 2.70. The van der Waals surface area contributed by atoms with Gasteiger partial charge in [-0.2, -0.15) is 0 Å². The Labute approximate surface area is 174 Å². The third-order valence-electron chi connectivity index (χ3n) is 4.37. The lowest BCUT2D eigenvalue weighted by Gasteiger charge is -2.24. The molecule has 0 aromatic heterocycles. The van der Waals surface area contributed by atoms with E-state index >= 15 is 0 Å². The van der Waals surface area contributed by atoms with Crippen LogP contribution in [0.2, 0.25) is 0 Å². The largest absolute Gasteiger partial charge is 0.480 e. The fourth-order valence-corrected chi connectivity index (χ4v) is 2.31. The van der Waals surface area contributed by atoms with E-state index in [1.165, 1.54) is 0 Å². The van der Waals surface area contributed by atoms with E-state index in [4.69, 9.17) is 22.3 Å². The second-order valence-electron chi connectivity index (χ2n) is 6.78. The number of hydrogen-bond donors (Lipinski definition) is 8. The van der Waals surface area contributed by atoms with E-state index in [1.54, 1.807) is 6.92 Å². The van der Waals surface area contributed by atoms with Crippen molar-refractivity contribution in [2.45, 2.75) is 51.2 Å². The summed E-state index contributed by atoms with van der Waals surface area (Å²) in [5.41, 5.74) is 16.3. The van der Waals surface area contributed by atoms with Crippen LogP contribution in [0.3, 0.4) is 0 Å². The molecular weight excluding hydrogens is 398 g/mol. The van der Waals surface area contributed by atoms with Crippen molar-refractivity contribution in [1.82, 2.24) is 16.0 Å². The number of carboxylic acid groups (broad SMARTS) is 1. The van der Waals surface area contributed by atoms with Crippen molar-refractivity contribution >= 4 is 29.7 Å². The predicted molar refractivity (Wildman–Crippen MR) is 109 cm³/mol. The Morgan fingerprint density at radius 2 is 1.63 bits per heavy atom. The number of guanidine groups is 1. The monoisotopic (exact) mass is 431 g/mol. The number of aliphatic hydroxyl groups excluding tert-OH is 1. The van der Waals surface area contributed by atoms with Crippen molar-refractivity contribution < 1.29 is 29.4 Å². The minimum Gasteiger partial charge on any atom is -0.480 e. The Kier molecular flexibility index (Phi) is 12.7. The molecule has 11 N–H and O–H groups in total. The van der Waals surface area contributed by atoms with Gasteiger partial charge < -0.3 is 43.4 Å². The molecule has 0 aliphatic rings. The van der Waals surface area contributed by atoms with Gasteiger partial charge in [0.05, 0.1) is 12.6 Å². The van der Waals surface area contributed by atoms with E-state index in [0.29, 0.717) is 12.8 Å². The number of nitrogens with two attached hydrogens (primary N) is 3. The first kappa shape index (κ1) is 27.1. The highest BCUT2D eigenvalue weighted by Crippen LogP contribution is 2.06. The van der Waals surface area contributed by atoms with Crippen molar-refractivity contribution in [1.29, 1.82) is 0 Å². The molecule has 0 bridgehead atoms. The molecule has 4 unspecified atom stereocenters. The Hall–Kier alpha value is -2.93. The number of hydrogen-bond acceptors (Lipinski definition) is 7. The Morgan fingerprint density at radius 1 is 1.03 bits per heavy atom. The number of amides is 3. The highest BCUT2D eigenvalue weighted by atomic mass is 16.4. The molecule has 0 aromatic carbocycles. The van der Waals surface area contributed by atoms with Crippen LogP contribution in [0.25, 0.3) is 0 Å². The number of carbonyl (C=O) groups is 4. The number of carbonyl (C=O) groups excluding carboxylic acids is 3. The SMILES string of the molecule is CCC(C)C(N)C(=O)NC(CO)C(=O)NC(CCCN=C(N)N)C(=O)NCC(=O)O. The minimum absolute atomic E-state index is 0.0897. The first-order valence-electron chi connectivity index (χ1n) is 9.55. The summed E-state index contributed by atoms with van der Waals surface area (Å²) in [5, 5.41) is 25.1. The summed E-state index contributed by atoms with van der Waals surface area (Å²) in [7, 11) is 0. The molecule has 3 amide bonds. The molecule has 13 heteroatoms. The lowest BCUT2D eigenvalue weighted by atomic mass is 9.99. The van der Waals surface area contributed by atoms with Gasteiger partial charge in [0.25, 0.3) is 0 Å². The number of aliphatic hydroxyl groups is 1. The van der Waals surface area contributed by atoms with Gasteiger partial charge in [-0.1, -0.05) is 20.3 Å². The van der Waals surface area contributed by atoms with Gasteiger partial charge in [-0.15, -0.1) is 0 Å². The molecule has 0 saturated carbocycles. The van der Waals surface area contributed by atoms with Crippen LogP contribution in [0.1, 0.15) is 33.1 Å². The Morgan fingerprint density at radius 3 is 2.13 bits per heavy atom. The topological polar surface area (TPSA) is 235 Å². The lowest BCUT2D eigenvalue weighted by Crippen LogP contribution is -2.57. The summed E-state index contributed by atoms with van der Waals surface area (Å²) >= 11 is 0. The fraction of sp³-hybridized carbons (Fsp3) is 0.706. The number of nitrogens with one attached hydrogen (secondary N) is 3. The van der Waals surface area contributed by atoms with Crippen LogP contribution >= 0.6 is 0 Å². The number of aliphatic carboxylic acids is 1. The van der Waals surface area contributed by atoms with E-state index in [9.17, 15) is 24.3 Å². The summed E-state index contributed by atoms with van der Waals surface area (Å²) in [4.78, 5) is 51.3. The van der Waals surface area contributed by atoms with E-state index in [0.717, 1.165) is 0 Å². The number of nitrogens with zero attached hydrogens (tertiary/aromatic N) is 1. The van der Waals surface area contributed by atoms with Crippen LogP contribution in [0.4, 0.5) is 0 Å². The van der Waals surface area contributed by atoms with Gasteiger partial charge in [0, 0.05) is 6.54 Å². The molecule has 0 saturated heterocycles. The smallest absolute Gasteiger partial charge is 0.322 e. The summed E-state index contributed by atoms with van der Waals surface area (Å²) in [5.74, 6) is -3.70. The third kappa shape index (κ3) is 10.6. The molecule has 13 nitrogen and oxygen atoms in total. The average molecular weight is 431 g/mol. The zero-order valence-corrected chi connectivity index (χ0v) is 17.3. The molecule has 4 atom stereocenters. The van der Waals surface area contributed by atoms with Gasteiger partial charge in [-0.3, -0.25) is 24.2 Å². The highest BCUT2D eigenvalue weighted by Gasteiger charge is 2.28. The van der Waals surface area contributed by atoms with Crippen LogP contribution in [-0.2, 0) is 19.2 Å². The molecule has 172 valence electrons. The van der Waals surface area contributed by atoms with Crippen LogP contribution in [-0.4, -0.2) is 77.7 Å². The second-order valence-corrected chi connectivity index (χ2v) is 6.78. The van der Waals surface area contributed by atoms with Crippen molar-refractivity contribution in [3.8, 4) is 0 Å². The standard InChI is InChI=1S/C17H33N7O6/c1-3-9(2)13(18)16(30)24-11(8-25)15(29)23-10(5-4-6-21-17(19)20)14(28)22-7-12(26)27/h9-11,13,25H,3-8,18H2,1-2H3,(H,22,28)(H,23,29)(H,24,30)(H,26,27)(H4,19,20,21). The van der Waals surface area contributed by atoms with E-state index in [2.05, 4.69) is 20.9 Å². The maximum absolute atomic E-state index is 12.5. The first-order chi connectivity index (χ1) is 14.0. The van der Waals surface area contributed by atoms with E-state index in [-0.39, 0.29) is 24.8 Å². The Bertz CT molecular complexity index is 624. The summed E-state index contributed by atoms with van der Waals surface area (Å²) in [6.07, 6.45) is 1.04. The zero-order chi connectivity index (χ0) is 23.3. The molecular formula is C17H33N7O6. The van der Waals surface area contributed by atoms with Crippen molar-refractivity contribution in [3.05, 3.63) is 0 Å². The zero-order valence-electron chi connectivity index (χ0n) is 17.3. The molecule has 0 spiro atoms. The number of aliphatic imine (C=N–C) groups is 1. The van der Waals surface area contributed by atoms with Crippen molar-refractivity contribution in [2.75, 3.05) is 19.7 Å². The van der Waals surface area contributed by atoms with Gasteiger partial charge in [-0.05, 0) is 18.8 Å². The third-order valence-corrected chi connectivity index (χ3v) is 4.37. The number of rotatable bonds is 14. The van der Waals surface area contributed by atoms with Crippen molar-refractivity contribution in [3.63, 3.8) is 0 Å². The number of carboxylic acids is 1. The van der Waals surface area contributed by atoms with Crippen LogP contribution in [0, 0.1) is 5.92 Å². The Balaban J connectivity index is 5.09. The second kappa shape index (κ2) is 14.1. The minimum atomic E-state index is -1.33. The van der Waals surface area contributed by atoms with Crippen LogP contribution < -0.4 is 33.2 Å². The summed E-state index contributed by atoms with van der Waals surface area (Å²) < 4.78 is 0. The summed E-state index contributed by atoms with van der Waals surface area (Å²) in [6, 6.07) is -3.33. The molecule has 0 aliphatic carbocycles. The van der Waals surface area contributed by atoms with Crippen LogP contribution in [0.15, 0.2) is 4.99 Å². The molecule has 0 radical (unpaired) electrons. The molecule has 0 rings (SSSR count). The quantitative estimate of drug-likeness (QED) is 0.0775. The van der Waals surface area contributed by atoms with E-state index < -0.39 is 55.0 Å². The maximum Gasteiger partial charge on any atom is 0.322 e. The van der Waals surface area contributed by atoms with Gasteiger partial charge in [-0.25, -0.2) is 0 Å². The molecule has 30 heavy (non-hydrogen) atoms. The van der Waals surface area contributed by atoms with Crippen molar-refractivity contribution in [2.24, 2.45) is 28.1 Å². The fourth-order valence-electron chi connectivity index (χ4n) is 2.31. The molecule has 0 fully saturated rings. The molecule has 0 aliphatic heterocycles. The van der Waals surface area contributed by atoms with Gasteiger partial charge >= 0.3 is 5.97 Å². The molecule has 0 heterocycles. The van der Waals surface area contributed by atoms with Gasteiger partial charge in [0.1, 0.15) is 18.6 Å². The van der Waals surface area contributed by atoms with E-state index in [1.807, 2.05) is 6.92 Å².